The fourth-order valence-electron chi connectivity index (χ4n) is 2.52. The molecule has 0 saturated heterocycles. The molecule has 0 aliphatic carbocycles. The molecule has 2 heterocycles. The average molecular weight is 375 g/mol. The Labute approximate surface area is 140 Å². The summed E-state index contributed by atoms with van der Waals surface area (Å²) in [6.45, 7) is -0.379. The Bertz CT molecular complexity index is 895. The van der Waals surface area contributed by atoms with Gasteiger partial charge in [-0.15, -0.1) is 0 Å². The molecule has 1 aromatic carbocycles. The van der Waals surface area contributed by atoms with Crippen LogP contribution in [-0.2, 0) is 27.8 Å². The van der Waals surface area contributed by atoms with Gasteiger partial charge in [-0.3, -0.25) is 9.52 Å². The van der Waals surface area contributed by atoms with Gasteiger partial charge >= 0.3 is 12.1 Å². The average Bonchev–Trinajstić information content (AvgIpc) is 3.04. The van der Waals surface area contributed by atoms with Crippen molar-refractivity contribution in [2.75, 3.05) is 11.3 Å². The number of nitrogens with one attached hydrogen (secondary N) is 1. The van der Waals surface area contributed by atoms with Crippen molar-refractivity contribution in [3.63, 3.8) is 0 Å². The van der Waals surface area contributed by atoms with E-state index >= 15 is 0 Å². The van der Waals surface area contributed by atoms with Gasteiger partial charge in [-0.25, -0.2) is 8.42 Å². The Morgan fingerprint density at radius 3 is 2.64 bits per heavy atom. The molecular weight excluding hydrogens is 363 g/mol. The van der Waals surface area contributed by atoms with E-state index in [2.05, 4.69) is 14.4 Å². The Balaban J connectivity index is 1.86. The lowest BCUT2D eigenvalue weighted by Crippen LogP contribution is -2.43. The molecule has 134 valence electrons. The lowest BCUT2D eigenvalue weighted by molar-refractivity contribution is -0.186. The summed E-state index contributed by atoms with van der Waals surface area (Å²) in [5, 5.41) is 3.43. The van der Waals surface area contributed by atoms with Gasteiger partial charge < -0.3 is 9.42 Å². The number of alkyl halides is 3. The van der Waals surface area contributed by atoms with Crippen molar-refractivity contribution in [3.05, 3.63) is 41.7 Å². The second-order valence-electron chi connectivity index (χ2n) is 5.40. The highest BCUT2D eigenvalue weighted by atomic mass is 32.2. The number of hydrogen-bond donors (Lipinski definition) is 1. The summed E-state index contributed by atoms with van der Waals surface area (Å²) >= 11 is 0. The van der Waals surface area contributed by atoms with Crippen LogP contribution in [0.5, 0.6) is 0 Å². The maximum absolute atomic E-state index is 12.6. The number of anilines is 1. The van der Waals surface area contributed by atoms with Crippen molar-refractivity contribution in [1.29, 1.82) is 0 Å². The first kappa shape index (κ1) is 17.3. The zero-order chi connectivity index (χ0) is 18.2. The minimum absolute atomic E-state index is 0.0217. The molecule has 1 aliphatic heterocycles. The van der Waals surface area contributed by atoms with Crippen molar-refractivity contribution in [1.82, 2.24) is 10.1 Å². The number of sulfonamides is 1. The molecule has 0 bridgehead atoms. The number of carbonyl (C=O) groups is 1. The van der Waals surface area contributed by atoms with Crippen LogP contribution in [-0.4, -0.2) is 37.1 Å². The van der Waals surface area contributed by atoms with Crippen LogP contribution >= 0.6 is 0 Å². The summed E-state index contributed by atoms with van der Waals surface area (Å²) in [7, 11) is -3.98. The monoisotopic (exact) mass is 375 g/mol. The summed E-state index contributed by atoms with van der Waals surface area (Å²) in [6, 6.07) is 5.44. The van der Waals surface area contributed by atoms with Gasteiger partial charge in [0, 0.05) is 19.2 Å². The van der Waals surface area contributed by atoms with Crippen molar-refractivity contribution in [2.24, 2.45) is 0 Å². The number of hydrogen-bond acceptors (Lipinski definition) is 5. The van der Waals surface area contributed by atoms with E-state index in [1.807, 2.05) is 0 Å². The molecule has 0 atom stereocenters. The van der Waals surface area contributed by atoms with Gasteiger partial charge in [-0.2, -0.15) is 13.2 Å². The molecule has 7 nitrogen and oxygen atoms in total. The van der Waals surface area contributed by atoms with E-state index in [0.29, 0.717) is 16.0 Å². The molecule has 11 heteroatoms. The second kappa shape index (κ2) is 6.06. The number of benzene rings is 1. The van der Waals surface area contributed by atoms with Crippen LogP contribution in [0.4, 0.5) is 19.0 Å². The van der Waals surface area contributed by atoms with Crippen LogP contribution in [0, 0.1) is 0 Å². The molecule has 1 N–H and O–H groups in total. The summed E-state index contributed by atoms with van der Waals surface area (Å²) in [4.78, 5) is 11.9. The van der Waals surface area contributed by atoms with Crippen LogP contribution < -0.4 is 4.72 Å². The highest BCUT2D eigenvalue weighted by molar-refractivity contribution is 7.92. The van der Waals surface area contributed by atoms with Crippen LogP contribution in [0.15, 0.2) is 39.9 Å². The van der Waals surface area contributed by atoms with E-state index < -0.39 is 22.1 Å². The summed E-state index contributed by atoms with van der Waals surface area (Å²) in [5.41, 5.74) is 1.05. The largest absolute Gasteiger partial charge is 0.471 e. The molecular formula is C14H12F3N3O4S. The lowest BCUT2D eigenvalue weighted by atomic mass is 10.00. The normalized spacial score (nSPS) is 14.9. The van der Waals surface area contributed by atoms with Gasteiger partial charge in [0.25, 0.3) is 10.0 Å². The van der Waals surface area contributed by atoms with E-state index in [0.717, 1.165) is 0 Å². The number of amides is 1. The van der Waals surface area contributed by atoms with Crippen molar-refractivity contribution < 1.29 is 30.9 Å². The molecule has 25 heavy (non-hydrogen) atoms. The topological polar surface area (TPSA) is 92.5 Å². The van der Waals surface area contributed by atoms with E-state index in [9.17, 15) is 26.4 Å². The standard InChI is InChI=1S/C14H12F3N3O4S/c15-14(16,17)13(21)20-5-3-9-1-2-11(7-10(9)8-20)25(22,23)19-12-4-6-24-18-12/h1-2,4,6-7H,3,5,8H2,(H,18,19). The van der Waals surface area contributed by atoms with Crippen LogP contribution in [0.2, 0.25) is 0 Å². The van der Waals surface area contributed by atoms with E-state index in [-0.39, 0.29) is 30.2 Å². The number of aromatic nitrogens is 1. The summed E-state index contributed by atoms with van der Waals surface area (Å²) < 4.78 is 69.1. The minimum atomic E-state index is -4.96. The quantitative estimate of drug-likeness (QED) is 0.885. The third-order valence-electron chi connectivity index (χ3n) is 3.71. The third kappa shape index (κ3) is 3.60. The fraction of sp³-hybridized carbons (Fsp3) is 0.286. The first-order chi connectivity index (χ1) is 11.7. The van der Waals surface area contributed by atoms with Crippen molar-refractivity contribution in [2.45, 2.75) is 24.0 Å². The highest BCUT2D eigenvalue weighted by Gasteiger charge is 2.43. The van der Waals surface area contributed by atoms with Gasteiger partial charge in [0.15, 0.2) is 5.82 Å². The number of rotatable bonds is 3. The maximum atomic E-state index is 12.6. The van der Waals surface area contributed by atoms with Crippen LogP contribution in [0.1, 0.15) is 11.1 Å². The Kier molecular flexibility index (Phi) is 4.19. The van der Waals surface area contributed by atoms with Crippen LogP contribution in [0.25, 0.3) is 0 Å². The van der Waals surface area contributed by atoms with E-state index in [1.54, 1.807) is 0 Å². The predicted octanol–water partition coefficient (Wildman–Crippen LogP) is 1.92. The minimum Gasteiger partial charge on any atom is -0.363 e. The predicted molar refractivity (Wildman–Crippen MR) is 78.9 cm³/mol. The van der Waals surface area contributed by atoms with Gasteiger partial charge in [-0.1, -0.05) is 11.2 Å². The molecule has 1 aromatic heterocycles. The van der Waals surface area contributed by atoms with Gasteiger partial charge in [0.2, 0.25) is 0 Å². The molecule has 1 aliphatic rings. The van der Waals surface area contributed by atoms with Crippen LogP contribution in [0.3, 0.4) is 0 Å². The van der Waals surface area contributed by atoms with E-state index in [4.69, 9.17) is 0 Å². The summed E-state index contributed by atoms with van der Waals surface area (Å²) in [5.74, 6) is -1.96. The number of halogens is 3. The van der Waals surface area contributed by atoms with Gasteiger partial charge in [0.1, 0.15) is 6.26 Å². The Hall–Kier alpha value is -2.56. The van der Waals surface area contributed by atoms with Gasteiger partial charge in [0.05, 0.1) is 4.90 Å². The number of nitrogens with zero attached hydrogens (tertiary/aromatic N) is 2. The first-order valence-corrected chi connectivity index (χ1v) is 8.56. The molecule has 0 radical (unpaired) electrons. The maximum Gasteiger partial charge on any atom is 0.471 e. The molecule has 2 aromatic rings. The fourth-order valence-corrected chi connectivity index (χ4v) is 3.56. The molecule has 0 spiro atoms. The third-order valence-corrected chi connectivity index (χ3v) is 5.06. The molecule has 1 amide bonds. The number of fused-ring (bicyclic) bond motifs is 1. The molecule has 0 unspecified atom stereocenters. The van der Waals surface area contributed by atoms with Crippen molar-refractivity contribution >= 4 is 21.7 Å². The van der Waals surface area contributed by atoms with Crippen molar-refractivity contribution in [3.8, 4) is 0 Å². The smallest absolute Gasteiger partial charge is 0.363 e. The first-order valence-electron chi connectivity index (χ1n) is 7.08. The SMILES string of the molecule is O=C(N1CCc2ccc(S(=O)(=O)Nc3ccon3)cc2C1)C(F)(F)F. The number of carbonyl (C=O) groups excluding carboxylic acids is 1. The summed E-state index contributed by atoms with van der Waals surface area (Å²) in [6.07, 6.45) is -3.56. The second-order valence-corrected chi connectivity index (χ2v) is 7.08. The highest BCUT2D eigenvalue weighted by Crippen LogP contribution is 2.27. The Morgan fingerprint density at radius 1 is 1.24 bits per heavy atom. The molecule has 0 saturated carbocycles. The van der Waals surface area contributed by atoms with E-state index in [1.165, 1.54) is 30.5 Å². The lowest BCUT2D eigenvalue weighted by Gasteiger charge is -2.29. The Morgan fingerprint density at radius 2 is 2.00 bits per heavy atom. The molecule has 3 rings (SSSR count). The zero-order valence-electron chi connectivity index (χ0n) is 12.6. The zero-order valence-corrected chi connectivity index (χ0v) is 13.4. The molecule has 0 fully saturated rings. The van der Waals surface area contributed by atoms with Gasteiger partial charge in [-0.05, 0) is 29.7 Å².